The maximum atomic E-state index is 12.6. The average Bonchev–Trinajstić information content (AvgIpc) is 2.54. The Morgan fingerprint density at radius 3 is 2.42 bits per heavy atom. The molecular weight excluding hydrogens is 321 g/mol. The van der Waals surface area contributed by atoms with Gasteiger partial charge in [-0.25, -0.2) is 0 Å². The van der Waals surface area contributed by atoms with Crippen LogP contribution in [0, 0.1) is 17.2 Å². The molecule has 1 aliphatic rings. The topological polar surface area (TPSA) is 56.5 Å². The van der Waals surface area contributed by atoms with Gasteiger partial charge in [0.25, 0.3) is 0 Å². The smallest absolute Gasteiger partial charge is 0.391 e. The lowest BCUT2D eigenvalue weighted by molar-refractivity contribution is -0.185. The van der Waals surface area contributed by atoms with E-state index in [4.69, 9.17) is 10.00 Å². The first-order valence-electron chi connectivity index (χ1n) is 7.94. The Labute approximate surface area is 139 Å². The number of β-amino-alcohol motifs (C(OH)–C–C–N with tert-alkyl or cyclic N) is 1. The molecular formula is C17H21F3N2O2. The zero-order valence-electron chi connectivity index (χ0n) is 13.3. The van der Waals surface area contributed by atoms with Crippen LogP contribution in [0.3, 0.4) is 0 Å². The van der Waals surface area contributed by atoms with Crippen LogP contribution >= 0.6 is 0 Å². The zero-order valence-corrected chi connectivity index (χ0v) is 13.3. The van der Waals surface area contributed by atoms with E-state index in [9.17, 15) is 18.3 Å². The lowest BCUT2D eigenvalue weighted by atomic mass is 9.96. The number of benzene rings is 1. The number of halogens is 3. The fourth-order valence-corrected chi connectivity index (χ4v) is 2.78. The van der Waals surface area contributed by atoms with Gasteiger partial charge in [-0.3, -0.25) is 0 Å². The molecule has 0 spiro atoms. The summed E-state index contributed by atoms with van der Waals surface area (Å²) >= 11 is 0. The van der Waals surface area contributed by atoms with E-state index >= 15 is 0 Å². The number of hydrogen-bond acceptors (Lipinski definition) is 4. The second-order valence-electron chi connectivity index (χ2n) is 6.06. The first kappa shape index (κ1) is 18.6. The van der Waals surface area contributed by atoms with Gasteiger partial charge in [-0.1, -0.05) is 12.1 Å². The summed E-state index contributed by atoms with van der Waals surface area (Å²) in [5.41, 5.74) is 0.887. The number of hydrogen-bond donors (Lipinski definition) is 1. The van der Waals surface area contributed by atoms with Gasteiger partial charge in [-0.15, -0.1) is 0 Å². The van der Waals surface area contributed by atoms with Crippen molar-refractivity contribution in [3.8, 4) is 11.8 Å². The van der Waals surface area contributed by atoms with Crippen LogP contribution < -0.4 is 4.74 Å². The summed E-state index contributed by atoms with van der Waals surface area (Å²) < 4.78 is 43.3. The molecule has 1 saturated heterocycles. The lowest BCUT2D eigenvalue weighted by Gasteiger charge is -2.33. The Kier molecular flexibility index (Phi) is 6.46. The molecule has 1 aromatic rings. The molecule has 4 nitrogen and oxygen atoms in total. The summed E-state index contributed by atoms with van der Waals surface area (Å²) in [5.74, 6) is -0.638. The van der Waals surface area contributed by atoms with Gasteiger partial charge in [-0.2, -0.15) is 18.4 Å². The molecule has 132 valence electrons. The first-order valence-corrected chi connectivity index (χ1v) is 7.94. The SMILES string of the molecule is N#CCc1ccc(OC[C@H](O)CN2CCC(C(F)(F)F)CC2)cc1. The summed E-state index contributed by atoms with van der Waals surface area (Å²) in [4.78, 5) is 1.84. The van der Waals surface area contributed by atoms with Crippen molar-refractivity contribution in [2.45, 2.75) is 31.5 Å². The Balaban J connectivity index is 1.70. The summed E-state index contributed by atoms with van der Waals surface area (Å²) in [5, 5.41) is 18.6. The summed E-state index contributed by atoms with van der Waals surface area (Å²) in [6.07, 6.45) is -4.39. The quantitative estimate of drug-likeness (QED) is 0.864. The number of nitriles is 1. The van der Waals surface area contributed by atoms with E-state index in [1.54, 1.807) is 24.3 Å². The minimum Gasteiger partial charge on any atom is -0.491 e. The van der Waals surface area contributed by atoms with Crippen LogP contribution in [0.4, 0.5) is 13.2 Å². The Morgan fingerprint density at radius 1 is 1.25 bits per heavy atom. The molecule has 0 saturated carbocycles. The number of likely N-dealkylation sites (tertiary alicyclic amines) is 1. The van der Waals surface area contributed by atoms with E-state index in [1.807, 2.05) is 4.90 Å². The normalized spacial score (nSPS) is 18.1. The number of nitrogens with zero attached hydrogens (tertiary/aromatic N) is 2. The highest BCUT2D eigenvalue weighted by molar-refractivity contribution is 5.28. The molecule has 1 heterocycles. The molecule has 0 bridgehead atoms. The van der Waals surface area contributed by atoms with Crippen LogP contribution in [0.1, 0.15) is 18.4 Å². The van der Waals surface area contributed by atoms with Crippen molar-refractivity contribution in [3.05, 3.63) is 29.8 Å². The molecule has 0 radical (unpaired) electrons. The molecule has 1 aliphatic heterocycles. The third-order valence-electron chi connectivity index (χ3n) is 4.17. The number of rotatable bonds is 6. The molecule has 0 aromatic heterocycles. The predicted octanol–water partition coefficient (Wildman–Crippen LogP) is 2.77. The van der Waals surface area contributed by atoms with Crippen molar-refractivity contribution in [2.24, 2.45) is 5.92 Å². The maximum absolute atomic E-state index is 12.6. The molecule has 0 amide bonds. The third kappa shape index (κ3) is 5.69. The number of alkyl halides is 3. The van der Waals surface area contributed by atoms with Gasteiger partial charge < -0.3 is 14.7 Å². The van der Waals surface area contributed by atoms with E-state index in [1.165, 1.54) is 0 Å². The van der Waals surface area contributed by atoms with E-state index in [2.05, 4.69) is 6.07 Å². The van der Waals surface area contributed by atoms with E-state index in [0.717, 1.165) is 5.56 Å². The highest BCUT2D eigenvalue weighted by Gasteiger charge is 2.41. The third-order valence-corrected chi connectivity index (χ3v) is 4.17. The van der Waals surface area contributed by atoms with Gasteiger partial charge in [0.15, 0.2) is 0 Å². The molecule has 0 unspecified atom stereocenters. The molecule has 2 rings (SSSR count). The van der Waals surface area contributed by atoms with Crippen molar-refractivity contribution in [3.63, 3.8) is 0 Å². The Morgan fingerprint density at radius 2 is 1.88 bits per heavy atom. The standard InChI is InChI=1S/C17H21F3N2O2/c18-17(19,20)14-6-9-22(10-7-14)11-15(23)12-24-16-3-1-13(2-4-16)5-8-21/h1-4,14-15,23H,5-7,9-12H2/t15-/m1/s1. The van der Waals surface area contributed by atoms with Crippen LogP contribution in [-0.4, -0.2) is 48.5 Å². The van der Waals surface area contributed by atoms with Gasteiger partial charge in [-0.05, 0) is 43.6 Å². The highest BCUT2D eigenvalue weighted by atomic mass is 19.4. The lowest BCUT2D eigenvalue weighted by Crippen LogP contribution is -2.43. The van der Waals surface area contributed by atoms with Crippen molar-refractivity contribution in [1.82, 2.24) is 4.90 Å². The van der Waals surface area contributed by atoms with Crippen LogP contribution in [0.15, 0.2) is 24.3 Å². The molecule has 7 heteroatoms. The largest absolute Gasteiger partial charge is 0.491 e. The fraction of sp³-hybridized carbons (Fsp3) is 0.588. The van der Waals surface area contributed by atoms with Gasteiger partial charge in [0.05, 0.1) is 18.4 Å². The van der Waals surface area contributed by atoms with E-state index in [-0.39, 0.29) is 19.4 Å². The zero-order chi connectivity index (χ0) is 17.6. The summed E-state index contributed by atoms with van der Waals surface area (Å²) in [7, 11) is 0. The van der Waals surface area contributed by atoms with Crippen LogP contribution in [-0.2, 0) is 6.42 Å². The minimum absolute atomic E-state index is 0.0802. The predicted molar refractivity (Wildman–Crippen MR) is 82.5 cm³/mol. The number of aliphatic hydroxyl groups is 1. The fourth-order valence-electron chi connectivity index (χ4n) is 2.78. The minimum atomic E-state index is -4.12. The van der Waals surface area contributed by atoms with E-state index < -0.39 is 18.2 Å². The summed E-state index contributed by atoms with van der Waals surface area (Å²) in [6.45, 7) is 1.06. The van der Waals surface area contributed by atoms with Gasteiger partial charge in [0, 0.05) is 6.54 Å². The van der Waals surface area contributed by atoms with Crippen LogP contribution in [0.5, 0.6) is 5.75 Å². The molecule has 1 atom stereocenters. The number of ether oxygens (including phenoxy) is 1. The Hall–Kier alpha value is -1.78. The Bertz CT molecular complexity index is 546. The monoisotopic (exact) mass is 342 g/mol. The molecule has 24 heavy (non-hydrogen) atoms. The van der Waals surface area contributed by atoms with Crippen molar-refractivity contribution < 1.29 is 23.0 Å². The second kappa shape index (κ2) is 8.36. The van der Waals surface area contributed by atoms with Crippen LogP contribution in [0.2, 0.25) is 0 Å². The van der Waals surface area contributed by atoms with Crippen molar-refractivity contribution in [1.29, 1.82) is 5.26 Å². The van der Waals surface area contributed by atoms with Gasteiger partial charge in [0.1, 0.15) is 18.5 Å². The second-order valence-corrected chi connectivity index (χ2v) is 6.06. The maximum Gasteiger partial charge on any atom is 0.391 e. The highest BCUT2D eigenvalue weighted by Crippen LogP contribution is 2.34. The molecule has 1 aromatic carbocycles. The molecule has 0 aliphatic carbocycles. The van der Waals surface area contributed by atoms with Crippen molar-refractivity contribution >= 4 is 0 Å². The molecule has 1 fully saturated rings. The summed E-state index contributed by atoms with van der Waals surface area (Å²) in [6, 6.07) is 9.08. The van der Waals surface area contributed by atoms with Gasteiger partial charge in [0.2, 0.25) is 0 Å². The van der Waals surface area contributed by atoms with Gasteiger partial charge >= 0.3 is 6.18 Å². The van der Waals surface area contributed by atoms with E-state index in [0.29, 0.717) is 31.8 Å². The first-order chi connectivity index (χ1) is 11.4. The van der Waals surface area contributed by atoms with Crippen molar-refractivity contribution in [2.75, 3.05) is 26.2 Å². The van der Waals surface area contributed by atoms with Crippen LogP contribution in [0.25, 0.3) is 0 Å². The number of piperidine rings is 1. The molecule has 1 N–H and O–H groups in total. The average molecular weight is 342 g/mol. The number of aliphatic hydroxyl groups excluding tert-OH is 1.